The predicted octanol–water partition coefficient (Wildman–Crippen LogP) is 2.13. The number of carbonyl (C=O) groups is 3. The first-order valence-electron chi connectivity index (χ1n) is 12.7. The van der Waals surface area contributed by atoms with Gasteiger partial charge in [-0.2, -0.15) is 0 Å². The van der Waals surface area contributed by atoms with Gasteiger partial charge in [-0.3, -0.25) is 14.4 Å². The molecule has 4 rings (SSSR count). The third-order valence-corrected chi connectivity index (χ3v) is 8.41. The van der Waals surface area contributed by atoms with Crippen LogP contribution in [0, 0.1) is 11.8 Å². The van der Waals surface area contributed by atoms with E-state index in [4.69, 9.17) is 4.74 Å². The van der Waals surface area contributed by atoms with Crippen molar-refractivity contribution in [1.82, 2.24) is 15.5 Å². The summed E-state index contributed by atoms with van der Waals surface area (Å²) >= 11 is 3.69. The van der Waals surface area contributed by atoms with Crippen molar-refractivity contribution in [1.29, 1.82) is 0 Å². The number of benzene rings is 1. The molecule has 3 fully saturated rings. The molecule has 0 radical (unpaired) electrons. The number of ether oxygens (including phenoxy) is 1. The highest BCUT2D eigenvalue weighted by Crippen LogP contribution is 2.60. The summed E-state index contributed by atoms with van der Waals surface area (Å²) in [6.07, 6.45) is 2.90. The standard InChI is InChI=1S/C26H36BrN3O5/c1-3-9-16(2)29-24(33)22-26-14-18(27)21(35-26)19(20(26)25(34)30(22)12-7-8-13-31)23(32)28-15-17-10-5-4-6-11-17/h4-6,10-11,16,18-22,31H,3,7-9,12-15H2,1-2H3,(H,28,32)(H,29,33)/t16?,18?,19-,20-,21-,22?,26?/m0/s1. The Bertz CT molecular complexity index is 931. The van der Waals surface area contributed by atoms with E-state index in [0.717, 1.165) is 18.4 Å². The largest absolute Gasteiger partial charge is 0.396 e. The second-order valence-electron chi connectivity index (χ2n) is 10.0. The number of fused-ring (bicyclic) bond motifs is 1. The summed E-state index contributed by atoms with van der Waals surface area (Å²) < 4.78 is 6.48. The smallest absolute Gasteiger partial charge is 0.246 e. The van der Waals surface area contributed by atoms with E-state index in [2.05, 4.69) is 33.5 Å². The summed E-state index contributed by atoms with van der Waals surface area (Å²) in [6.45, 7) is 4.75. The SMILES string of the molecule is CCCC(C)NC(=O)C1N(CCCCO)C(=O)[C@@H]2[C@H](C(=O)NCc3ccccc3)[C@H]3OC12CC3Br. The maximum Gasteiger partial charge on any atom is 0.246 e. The maximum absolute atomic E-state index is 13.8. The molecule has 1 spiro atoms. The van der Waals surface area contributed by atoms with E-state index < -0.39 is 29.6 Å². The van der Waals surface area contributed by atoms with Crippen LogP contribution in [0.15, 0.2) is 30.3 Å². The number of alkyl halides is 1. The molecule has 0 saturated carbocycles. The van der Waals surface area contributed by atoms with Gasteiger partial charge >= 0.3 is 0 Å². The van der Waals surface area contributed by atoms with E-state index in [9.17, 15) is 19.5 Å². The Kier molecular flexibility index (Phi) is 8.18. The Balaban J connectivity index is 1.60. The minimum absolute atomic E-state index is 0.0214. The number of hydrogen-bond donors (Lipinski definition) is 3. The van der Waals surface area contributed by atoms with Crippen LogP contribution in [0.1, 0.15) is 51.5 Å². The van der Waals surface area contributed by atoms with Gasteiger partial charge < -0.3 is 25.4 Å². The third kappa shape index (κ3) is 4.87. The van der Waals surface area contributed by atoms with Gasteiger partial charge in [-0.15, -0.1) is 0 Å². The second kappa shape index (κ2) is 11.0. The van der Waals surface area contributed by atoms with Gasteiger partial charge in [0, 0.05) is 30.6 Å². The molecule has 7 atom stereocenters. The topological polar surface area (TPSA) is 108 Å². The van der Waals surface area contributed by atoms with Crippen LogP contribution in [-0.2, 0) is 25.7 Å². The van der Waals surface area contributed by atoms with E-state index in [1.807, 2.05) is 37.3 Å². The number of nitrogens with zero attached hydrogens (tertiary/aromatic N) is 1. The first kappa shape index (κ1) is 26.1. The zero-order valence-electron chi connectivity index (χ0n) is 20.4. The Morgan fingerprint density at radius 1 is 1.26 bits per heavy atom. The van der Waals surface area contributed by atoms with Crippen LogP contribution in [0.25, 0.3) is 0 Å². The fourth-order valence-electron chi connectivity index (χ4n) is 6.09. The van der Waals surface area contributed by atoms with Crippen molar-refractivity contribution >= 4 is 33.7 Å². The molecule has 192 valence electrons. The summed E-state index contributed by atoms with van der Waals surface area (Å²) in [6, 6.07) is 8.80. The molecule has 3 aliphatic rings. The molecule has 3 amide bonds. The molecule has 1 aromatic rings. The van der Waals surface area contributed by atoms with Gasteiger partial charge in [-0.25, -0.2) is 0 Å². The minimum Gasteiger partial charge on any atom is -0.396 e. The van der Waals surface area contributed by atoms with E-state index in [-0.39, 0.29) is 35.2 Å². The second-order valence-corrected chi connectivity index (χ2v) is 11.2. The normalized spacial score (nSPS) is 31.9. The third-order valence-electron chi connectivity index (χ3n) is 7.57. The van der Waals surface area contributed by atoms with Crippen molar-refractivity contribution in [2.75, 3.05) is 13.2 Å². The van der Waals surface area contributed by atoms with Gasteiger partial charge in [0.15, 0.2) is 0 Å². The van der Waals surface area contributed by atoms with E-state index in [0.29, 0.717) is 32.4 Å². The van der Waals surface area contributed by atoms with Gasteiger partial charge in [0.2, 0.25) is 17.7 Å². The zero-order chi connectivity index (χ0) is 25.2. The molecule has 8 nitrogen and oxygen atoms in total. The predicted molar refractivity (Wildman–Crippen MR) is 135 cm³/mol. The molecule has 4 unspecified atom stereocenters. The van der Waals surface area contributed by atoms with Crippen molar-refractivity contribution in [3.8, 4) is 0 Å². The lowest BCUT2D eigenvalue weighted by atomic mass is 9.70. The van der Waals surface area contributed by atoms with Crippen LogP contribution in [0.5, 0.6) is 0 Å². The fraction of sp³-hybridized carbons (Fsp3) is 0.654. The van der Waals surface area contributed by atoms with Crippen LogP contribution in [-0.4, -0.2) is 69.5 Å². The van der Waals surface area contributed by atoms with Crippen molar-refractivity contribution in [3.63, 3.8) is 0 Å². The van der Waals surface area contributed by atoms with Crippen molar-refractivity contribution in [2.24, 2.45) is 11.8 Å². The molecule has 1 aromatic carbocycles. The average Bonchev–Trinajstić information content (AvgIpc) is 3.42. The molecular weight excluding hydrogens is 514 g/mol. The summed E-state index contributed by atoms with van der Waals surface area (Å²) in [5, 5.41) is 15.3. The Labute approximate surface area is 215 Å². The molecule has 3 aliphatic heterocycles. The van der Waals surface area contributed by atoms with Crippen LogP contribution in [0.4, 0.5) is 0 Å². The molecular formula is C26H36BrN3O5. The lowest BCUT2D eigenvalue weighted by Crippen LogP contribution is -2.57. The van der Waals surface area contributed by atoms with Crippen LogP contribution in [0.2, 0.25) is 0 Å². The lowest BCUT2D eigenvalue weighted by Gasteiger charge is -2.34. The molecule has 0 aliphatic carbocycles. The number of amides is 3. The van der Waals surface area contributed by atoms with Gasteiger partial charge in [-0.1, -0.05) is 59.6 Å². The van der Waals surface area contributed by atoms with Crippen LogP contribution < -0.4 is 10.6 Å². The number of likely N-dealkylation sites (tertiary alicyclic amines) is 1. The Morgan fingerprint density at radius 3 is 2.69 bits per heavy atom. The van der Waals surface area contributed by atoms with Crippen LogP contribution >= 0.6 is 15.9 Å². The quantitative estimate of drug-likeness (QED) is 0.289. The first-order valence-corrected chi connectivity index (χ1v) is 13.6. The van der Waals surface area contributed by atoms with Crippen molar-refractivity contribution < 1.29 is 24.2 Å². The summed E-state index contributed by atoms with van der Waals surface area (Å²) in [5.41, 5.74) is -0.0690. The fourth-order valence-corrected chi connectivity index (χ4v) is 7.04. The molecule has 3 saturated heterocycles. The highest BCUT2D eigenvalue weighted by Gasteiger charge is 2.76. The van der Waals surface area contributed by atoms with E-state index in [1.165, 1.54) is 0 Å². The highest BCUT2D eigenvalue weighted by atomic mass is 79.9. The number of aliphatic hydroxyl groups is 1. The number of halogens is 1. The molecule has 9 heteroatoms. The van der Waals surface area contributed by atoms with E-state index in [1.54, 1.807) is 4.90 Å². The monoisotopic (exact) mass is 549 g/mol. The zero-order valence-corrected chi connectivity index (χ0v) is 22.0. The summed E-state index contributed by atoms with van der Waals surface area (Å²) in [5.74, 6) is -2.03. The number of unbranched alkanes of at least 4 members (excludes halogenated alkanes) is 1. The van der Waals surface area contributed by atoms with Crippen molar-refractivity contribution in [3.05, 3.63) is 35.9 Å². The number of hydrogen-bond acceptors (Lipinski definition) is 5. The van der Waals surface area contributed by atoms with Gasteiger partial charge in [0.25, 0.3) is 0 Å². The molecule has 3 heterocycles. The molecule has 0 aromatic heterocycles. The van der Waals surface area contributed by atoms with Crippen molar-refractivity contribution in [2.45, 2.75) is 81.1 Å². The first-order chi connectivity index (χ1) is 16.8. The number of aliphatic hydroxyl groups excluding tert-OH is 1. The Morgan fingerprint density at radius 2 is 2.00 bits per heavy atom. The van der Waals surface area contributed by atoms with E-state index >= 15 is 0 Å². The van der Waals surface area contributed by atoms with Crippen LogP contribution in [0.3, 0.4) is 0 Å². The summed E-state index contributed by atoms with van der Waals surface area (Å²) in [7, 11) is 0. The number of nitrogens with one attached hydrogen (secondary N) is 2. The number of carbonyl (C=O) groups excluding carboxylic acids is 3. The minimum atomic E-state index is -1.04. The van der Waals surface area contributed by atoms with Gasteiger partial charge in [0.1, 0.15) is 11.6 Å². The highest BCUT2D eigenvalue weighted by molar-refractivity contribution is 9.09. The molecule has 3 N–H and O–H groups in total. The average molecular weight is 550 g/mol. The van der Waals surface area contributed by atoms with Gasteiger partial charge in [0.05, 0.1) is 17.9 Å². The maximum atomic E-state index is 13.8. The molecule has 2 bridgehead atoms. The van der Waals surface area contributed by atoms with Gasteiger partial charge in [-0.05, 0) is 38.2 Å². The Hall–Kier alpha value is -1.97. The molecule has 35 heavy (non-hydrogen) atoms. The number of rotatable bonds is 11. The lowest BCUT2D eigenvalue weighted by molar-refractivity contribution is -0.142. The summed E-state index contributed by atoms with van der Waals surface area (Å²) in [4.78, 5) is 42.3.